The van der Waals surface area contributed by atoms with Crippen LogP contribution in [0.2, 0.25) is 0 Å². The molecule has 0 unspecified atom stereocenters. The van der Waals surface area contributed by atoms with Crippen LogP contribution in [-0.2, 0) is 6.42 Å². The number of ether oxygens (including phenoxy) is 1. The first-order chi connectivity index (χ1) is 17.1. The molecule has 0 saturated carbocycles. The second-order valence-electron chi connectivity index (χ2n) is 11.1. The zero-order chi connectivity index (χ0) is 25.6. The van der Waals surface area contributed by atoms with Crippen LogP contribution in [0.5, 0.6) is 5.75 Å². The summed E-state index contributed by atoms with van der Waals surface area (Å²) in [5.41, 5.74) is 1.08. The van der Waals surface area contributed by atoms with E-state index in [0.29, 0.717) is 13.0 Å². The van der Waals surface area contributed by atoms with Gasteiger partial charge >= 0.3 is 0 Å². The number of aromatic amines is 1. The number of fused-ring (bicyclic) bond motifs is 3. The predicted octanol–water partition coefficient (Wildman–Crippen LogP) is 6.25. The Morgan fingerprint density at radius 3 is 2.47 bits per heavy atom. The molecule has 0 bridgehead atoms. The Morgan fingerprint density at radius 1 is 1.11 bits per heavy atom. The van der Waals surface area contributed by atoms with Gasteiger partial charge in [0, 0.05) is 66.5 Å². The Hall–Kier alpha value is -2.51. The Kier molecular flexibility index (Phi) is 6.81. The van der Waals surface area contributed by atoms with Crippen molar-refractivity contribution in [3.05, 3.63) is 64.9 Å². The molecule has 4 nitrogen and oxygen atoms in total. The van der Waals surface area contributed by atoms with Crippen molar-refractivity contribution in [3.63, 3.8) is 0 Å². The van der Waals surface area contributed by atoms with E-state index in [2.05, 4.69) is 16.8 Å². The zero-order valence-electron chi connectivity index (χ0n) is 21.6. The summed E-state index contributed by atoms with van der Waals surface area (Å²) >= 11 is 0. The topological polar surface area (TPSA) is 31.5 Å². The molecule has 1 aromatic heterocycles. The molecule has 3 heterocycles. The molecule has 2 aliphatic rings. The van der Waals surface area contributed by atoms with Crippen LogP contribution >= 0.6 is 0 Å². The summed E-state index contributed by atoms with van der Waals surface area (Å²) in [7, 11) is 0. The summed E-state index contributed by atoms with van der Waals surface area (Å²) in [6, 6.07) is 9.54. The Labute approximate surface area is 211 Å². The lowest BCUT2D eigenvalue weighted by Crippen LogP contribution is -2.48. The lowest BCUT2D eigenvalue weighted by Gasteiger charge is -2.43. The van der Waals surface area contributed by atoms with E-state index in [1.165, 1.54) is 32.4 Å². The van der Waals surface area contributed by atoms with Gasteiger partial charge in [0.1, 0.15) is 29.7 Å². The molecule has 2 aromatic carbocycles. The Morgan fingerprint density at radius 2 is 1.81 bits per heavy atom. The van der Waals surface area contributed by atoms with Crippen LogP contribution in [-0.4, -0.2) is 59.3 Å². The van der Waals surface area contributed by atoms with E-state index in [4.69, 9.17) is 4.74 Å². The van der Waals surface area contributed by atoms with E-state index in [0.717, 1.165) is 47.7 Å². The number of aromatic nitrogens is 1. The number of rotatable bonds is 8. The summed E-state index contributed by atoms with van der Waals surface area (Å²) in [4.78, 5) is 7.57. The zero-order valence-corrected chi connectivity index (χ0v) is 21.6. The van der Waals surface area contributed by atoms with Crippen LogP contribution in [0, 0.1) is 17.6 Å². The van der Waals surface area contributed by atoms with Gasteiger partial charge in [-0.3, -0.25) is 9.80 Å². The SMILES string of the molecule is CCC1CN(CCOc2cc(F)c([C@@H]3c4[nH]c5ccccc5c4C[C@@H](C)N3CC(C)(C)F)c(F)c2)C1. The van der Waals surface area contributed by atoms with Crippen molar-refractivity contribution >= 4 is 10.9 Å². The monoisotopic (exact) mass is 499 g/mol. The lowest BCUT2D eigenvalue weighted by atomic mass is 9.87. The molecule has 2 aliphatic heterocycles. The molecule has 1 fully saturated rings. The fourth-order valence-corrected chi connectivity index (χ4v) is 5.81. The molecule has 194 valence electrons. The highest BCUT2D eigenvalue weighted by atomic mass is 19.1. The molecule has 7 heteroatoms. The lowest BCUT2D eigenvalue weighted by molar-refractivity contribution is 0.0641. The summed E-state index contributed by atoms with van der Waals surface area (Å²) in [5.74, 6) is -0.431. The normalized spacial score (nSPS) is 21.5. The van der Waals surface area contributed by atoms with Crippen LogP contribution in [0.25, 0.3) is 10.9 Å². The van der Waals surface area contributed by atoms with E-state index >= 15 is 8.78 Å². The fraction of sp³-hybridized carbons (Fsp3) is 0.517. The summed E-state index contributed by atoms with van der Waals surface area (Å²) in [6.45, 7) is 10.5. The highest BCUT2D eigenvalue weighted by Crippen LogP contribution is 2.43. The van der Waals surface area contributed by atoms with Gasteiger partial charge in [-0.25, -0.2) is 13.2 Å². The molecule has 0 spiro atoms. The molecule has 0 amide bonds. The van der Waals surface area contributed by atoms with Gasteiger partial charge < -0.3 is 9.72 Å². The molecule has 2 atom stereocenters. The van der Waals surface area contributed by atoms with Gasteiger partial charge in [0.2, 0.25) is 0 Å². The van der Waals surface area contributed by atoms with Crippen molar-refractivity contribution in [1.82, 2.24) is 14.8 Å². The third-order valence-corrected chi connectivity index (χ3v) is 7.69. The van der Waals surface area contributed by atoms with Crippen LogP contribution < -0.4 is 4.74 Å². The third-order valence-electron chi connectivity index (χ3n) is 7.69. The molecular weight excluding hydrogens is 463 g/mol. The number of hydrogen-bond acceptors (Lipinski definition) is 3. The van der Waals surface area contributed by atoms with Crippen molar-refractivity contribution in [2.45, 2.75) is 58.3 Å². The number of nitrogens with zero attached hydrogens (tertiary/aromatic N) is 2. The van der Waals surface area contributed by atoms with Gasteiger partial charge in [-0.2, -0.15) is 0 Å². The van der Waals surface area contributed by atoms with Gasteiger partial charge in [-0.15, -0.1) is 0 Å². The van der Waals surface area contributed by atoms with Gasteiger partial charge in [0.15, 0.2) is 0 Å². The minimum Gasteiger partial charge on any atom is -0.492 e. The molecule has 3 aromatic rings. The highest BCUT2D eigenvalue weighted by Gasteiger charge is 2.41. The van der Waals surface area contributed by atoms with Crippen LogP contribution in [0.3, 0.4) is 0 Å². The van der Waals surface area contributed by atoms with Crippen molar-refractivity contribution in [3.8, 4) is 5.75 Å². The van der Waals surface area contributed by atoms with Crippen LogP contribution in [0.15, 0.2) is 36.4 Å². The van der Waals surface area contributed by atoms with Crippen molar-refractivity contribution in [2.75, 3.05) is 32.8 Å². The summed E-state index contributed by atoms with van der Waals surface area (Å²) < 4.78 is 52.0. The number of benzene rings is 2. The Balaban J connectivity index is 1.47. The molecular formula is C29H36F3N3O. The minimum absolute atomic E-state index is 0.0549. The van der Waals surface area contributed by atoms with Crippen molar-refractivity contribution < 1.29 is 17.9 Å². The number of para-hydroxylation sites is 1. The van der Waals surface area contributed by atoms with E-state index in [1.54, 1.807) is 0 Å². The maximum Gasteiger partial charge on any atom is 0.135 e. The molecule has 1 saturated heterocycles. The Bertz CT molecular complexity index is 1210. The highest BCUT2D eigenvalue weighted by molar-refractivity contribution is 5.85. The average molecular weight is 500 g/mol. The first-order valence-electron chi connectivity index (χ1n) is 13.0. The second kappa shape index (κ2) is 9.75. The maximum absolute atomic E-state index is 15.7. The summed E-state index contributed by atoms with van der Waals surface area (Å²) in [6.07, 6.45) is 1.84. The molecule has 0 aliphatic carbocycles. The average Bonchev–Trinajstić information content (AvgIpc) is 3.14. The fourth-order valence-electron chi connectivity index (χ4n) is 5.81. The predicted molar refractivity (Wildman–Crippen MR) is 137 cm³/mol. The molecule has 5 rings (SSSR count). The summed E-state index contributed by atoms with van der Waals surface area (Å²) in [5, 5.41) is 1.04. The van der Waals surface area contributed by atoms with Gasteiger partial charge in [0.25, 0.3) is 0 Å². The third kappa shape index (κ3) is 4.88. The van der Waals surface area contributed by atoms with E-state index in [-0.39, 0.29) is 23.9 Å². The molecule has 36 heavy (non-hydrogen) atoms. The first kappa shape index (κ1) is 25.2. The second-order valence-corrected chi connectivity index (χ2v) is 11.1. The van der Waals surface area contributed by atoms with Crippen molar-refractivity contribution in [2.24, 2.45) is 5.92 Å². The first-order valence-corrected chi connectivity index (χ1v) is 13.0. The number of hydrogen-bond donors (Lipinski definition) is 1. The maximum atomic E-state index is 15.7. The number of H-pyrrole nitrogens is 1. The van der Waals surface area contributed by atoms with E-state index in [1.807, 2.05) is 36.1 Å². The number of halogens is 3. The number of likely N-dealkylation sites (tertiary alicyclic amines) is 1. The van der Waals surface area contributed by atoms with Gasteiger partial charge in [0.05, 0.1) is 6.04 Å². The largest absolute Gasteiger partial charge is 0.492 e. The smallest absolute Gasteiger partial charge is 0.135 e. The number of nitrogens with one attached hydrogen (secondary N) is 1. The van der Waals surface area contributed by atoms with Gasteiger partial charge in [-0.05, 0) is 44.7 Å². The molecule has 0 radical (unpaired) electrons. The standard InChI is InChI=1S/C29H36F3N3O/c1-5-19-15-34(16-19)10-11-36-20-13-23(30)26(24(31)14-20)28-27-22(21-8-6-7-9-25(21)33-27)12-18(2)35(28)17-29(3,4)32/h6-9,13-14,18-19,28,33H,5,10-12,15-17H2,1-4H3/t18-,28-/m1/s1. The minimum atomic E-state index is -1.53. The van der Waals surface area contributed by atoms with Crippen LogP contribution in [0.1, 0.15) is 57.0 Å². The molecule has 1 N–H and O–H groups in total. The van der Waals surface area contributed by atoms with Gasteiger partial charge in [-0.1, -0.05) is 31.5 Å². The quantitative estimate of drug-likeness (QED) is 0.398. The van der Waals surface area contributed by atoms with Crippen molar-refractivity contribution in [1.29, 1.82) is 0 Å². The van der Waals surface area contributed by atoms with Crippen LogP contribution in [0.4, 0.5) is 13.2 Å². The number of alkyl halides is 1. The van der Waals surface area contributed by atoms with E-state index < -0.39 is 23.3 Å². The van der Waals surface area contributed by atoms with E-state index in [9.17, 15) is 4.39 Å².